The summed E-state index contributed by atoms with van der Waals surface area (Å²) in [5, 5.41) is 0. The van der Waals surface area contributed by atoms with Crippen LogP contribution in [0.2, 0.25) is 0 Å². The van der Waals surface area contributed by atoms with Gasteiger partial charge in [0, 0.05) is 0 Å². The van der Waals surface area contributed by atoms with Crippen LogP contribution in [0.5, 0.6) is 5.75 Å². The maximum atomic E-state index is 12.0. The van der Waals surface area contributed by atoms with Crippen LogP contribution in [0.25, 0.3) is 0 Å². The maximum absolute atomic E-state index is 12.0. The van der Waals surface area contributed by atoms with Crippen molar-refractivity contribution in [2.24, 2.45) is 5.41 Å². The third-order valence-electron chi connectivity index (χ3n) is 3.70. The van der Waals surface area contributed by atoms with E-state index in [1.165, 1.54) is 5.56 Å². The molecular weight excluding hydrogens is 188 g/mol. The van der Waals surface area contributed by atoms with Crippen molar-refractivity contribution in [1.82, 2.24) is 0 Å². The smallest absolute Gasteiger partial charge is 0.317 e. The Morgan fingerprint density at radius 1 is 1.13 bits per heavy atom. The van der Waals surface area contributed by atoms with Crippen molar-refractivity contribution in [3.63, 3.8) is 0 Å². The number of rotatable bonds is 0. The number of benzene rings is 1. The molecule has 0 N–H and O–H groups in total. The summed E-state index contributed by atoms with van der Waals surface area (Å²) >= 11 is 0. The van der Waals surface area contributed by atoms with Gasteiger partial charge in [0.25, 0.3) is 0 Å². The molecule has 0 unspecified atom stereocenters. The Bertz CT molecular complexity index is 403. The number of carbonyl (C=O) groups excluding carboxylic acids is 1. The first-order valence-corrected chi connectivity index (χ1v) is 5.60. The van der Waals surface area contributed by atoms with Crippen LogP contribution in [0.15, 0.2) is 24.3 Å². The van der Waals surface area contributed by atoms with Crippen molar-refractivity contribution in [2.75, 3.05) is 0 Å². The maximum Gasteiger partial charge on any atom is 0.317 e. The predicted octanol–water partition coefficient (Wildman–Crippen LogP) is 2.71. The minimum absolute atomic E-state index is 0.00120. The molecule has 0 bridgehead atoms. The highest BCUT2D eigenvalue weighted by molar-refractivity contribution is 5.82. The van der Waals surface area contributed by atoms with E-state index in [9.17, 15) is 4.79 Å². The summed E-state index contributed by atoms with van der Waals surface area (Å²) in [5.41, 5.74) is 1.01. The third-order valence-corrected chi connectivity index (χ3v) is 3.70. The van der Waals surface area contributed by atoms with Crippen LogP contribution in [0.1, 0.15) is 31.2 Å². The first-order valence-electron chi connectivity index (χ1n) is 5.60. The van der Waals surface area contributed by atoms with Gasteiger partial charge in [-0.3, -0.25) is 4.79 Å². The molecule has 1 aliphatic heterocycles. The average Bonchev–Trinajstić information content (AvgIpc) is 2.70. The number of hydrogen-bond donors (Lipinski definition) is 0. The van der Waals surface area contributed by atoms with Gasteiger partial charge in [-0.05, 0) is 30.9 Å². The largest absolute Gasteiger partial charge is 0.426 e. The number of carbonyl (C=O) groups is 1. The second-order valence-electron chi connectivity index (χ2n) is 4.66. The molecule has 0 saturated heterocycles. The number of para-hydroxylation sites is 1. The predicted molar refractivity (Wildman–Crippen MR) is 56.7 cm³/mol. The zero-order chi connectivity index (χ0) is 10.3. The lowest BCUT2D eigenvalue weighted by Crippen LogP contribution is -2.38. The van der Waals surface area contributed by atoms with Gasteiger partial charge in [-0.1, -0.05) is 31.0 Å². The van der Waals surface area contributed by atoms with Gasteiger partial charge < -0.3 is 4.74 Å². The van der Waals surface area contributed by atoms with Gasteiger partial charge in [-0.2, -0.15) is 0 Å². The van der Waals surface area contributed by atoms with Gasteiger partial charge in [0.1, 0.15) is 5.75 Å². The summed E-state index contributed by atoms with van der Waals surface area (Å²) in [7, 11) is 0. The Labute approximate surface area is 89.2 Å². The second kappa shape index (κ2) is 3.09. The molecule has 3 rings (SSSR count). The zero-order valence-corrected chi connectivity index (χ0v) is 8.66. The van der Waals surface area contributed by atoms with Crippen molar-refractivity contribution in [3.05, 3.63) is 29.8 Å². The van der Waals surface area contributed by atoms with E-state index in [0.717, 1.165) is 37.9 Å². The normalized spacial score (nSPS) is 22.5. The SMILES string of the molecule is O=C1Oc2ccccc2CC12CCCC2. The van der Waals surface area contributed by atoms with E-state index in [-0.39, 0.29) is 11.4 Å². The second-order valence-corrected chi connectivity index (χ2v) is 4.66. The molecule has 1 aromatic carbocycles. The van der Waals surface area contributed by atoms with Gasteiger partial charge >= 0.3 is 5.97 Å². The number of esters is 1. The Morgan fingerprint density at radius 2 is 1.87 bits per heavy atom. The summed E-state index contributed by atoms with van der Waals surface area (Å²) in [5.74, 6) is 0.763. The van der Waals surface area contributed by atoms with Crippen LogP contribution in [0, 0.1) is 5.41 Å². The van der Waals surface area contributed by atoms with Crippen LogP contribution >= 0.6 is 0 Å². The molecule has 0 atom stereocenters. The topological polar surface area (TPSA) is 26.3 Å². The monoisotopic (exact) mass is 202 g/mol. The number of hydrogen-bond acceptors (Lipinski definition) is 2. The molecule has 1 aliphatic carbocycles. The van der Waals surface area contributed by atoms with Gasteiger partial charge in [-0.25, -0.2) is 0 Å². The highest BCUT2D eigenvalue weighted by Gasteiger charge is 2.45. The summed E-state index contributed by atoms with van der Waals surface area (Å²) in [6.07, 6.45) is 5.21. The summed E-state index contributed by atoms with van der Waals surface area (Å²) in [6.45, 7) is 0. The van der Waals surface area contributed by atoms with E-state index in [0.29, 0.717) is 0 Å². The average molecular weight is 202 g/mol. The first kappa shape index (κ1) is 8.96. The fourth-order valence-corrected chi connectivity index (χ4v) is 2.83. The highest BCUT2D eigenvalue weighted by Crippen LogP contribution is 2.46. The van der Waals surface area contributed by atoms with Crippen LogP contribution in [0.3, 0.4) is 0 Å². The molecule has 2 nitrogen and oxygen atoms in total. The standard InChI is InChI=1S/C13H14O2/c14-12-13(7-3-4-8-13)9-10-5-1-2-6-11(10)15-12/h1-2,5-6H,3-4,7-9H2. The van der Waals surface area contributed by atoms with E-state index in [4.69, 9.17) is 4.74 Å². The first-order chi connectivity index (χ1) is 7.30. The molecule has 1 fully saturated rings. The molecule has 1 heterocycles. The fraction of sp³-hybridized carbons (Fsp3) is 0.462. The molecule has 78 valence electrons. The van der Waals surface area contributed by atoms with Crippen LogP contribution in [-0.4, -0.2) is 5.97 Å². The van der Waals surface area contributed by atoms with Crippen LogP contribution < -0.4 is 4.74 Å². The van der Waals surface area contributed by atoms with E-state index < -0.39 is 0 Å². The number of ether oxygens (including phenoxy) is 1. The zero-order valence-electron chi connectivity index (χ0n) is 8.66. The van der Waals surface area contributed by atoms with Gasteiger partial charge in [0.2, 0.25) is 0 Å². The summed E-state index contributed by atoms with van der Waals surface area (Å²) in [6, 6.07) is 7.89. The Balaban J connectivity index is 2.02. The molecule has 2 heteroatoms. The van der Waals surface area contributed by atoms with Gasteiger partial charge in [0.05, 0.1) is 5.41 Å². The summed E-state index contributed by atoms with van der Waals surface area (Å²) < 4.78 is 5.43. The quantitative estimate of drug-likeness (QED) is 0.477. The minimum atomic E-state index is -0.186. The number of fused-ring (bicyclic) bond motifs is 1. The molecule has 1 spiro atoms. The molecule has 0 aromatic heterocycles. The lowest BCUT2D eigenvalue weighted by Gasteiger charge is -2.31. The van der Waals surface area contributed by atoms with Crippen molar-refractivity contribution < 1.29 is 9.53 Å². The molecular formula is C13H14O2. The Morgan fingerprint density at radius 3 is 2.67 bits per heavy atom. The molecule has 2 aliphatic rings. The molecule has 15 heavy (non-hydrogen) atoms. The molecule has 1 aromatic rings. The third kappa shape index (κ3) is 1.28. The van der Waals surface area contributed by atoms with E-state index in [2.05, 4.69) is 6.07 Å². The van der Waals surface area contributed by atoms with Crippen molar-refractivity contribution >= 4 is 5.97 Å². The van der Waals surface area contributed by atoms with Crippen molar-refractivity contribution in [3.8, 4) is 5.75 Å². The minimum Gasteiger partial charge on any atom is -0.426 e. The van der Waals surface area contributed by atoms with Crippen LogP contribution in [-0.2, 0) is 11.2 Å². The van der Waals surface area contributed by atoms with Gasteiger partial charge in [-0.15, -0.1) is 0 Å². The van der Waals surface area contributed by atoms with Crippen LogP contribution in [0.4, 0.5) is 0 Å². The lowest BCUT2D eigenvalue weighted by atomic mass is 9.78. The Kier molecular flexibility index (Phi) is 1.84. The van der Waals surface area contributed by atoms with E-state index in [1.807, 2.05) is 18.2 Å². The molecule has 0 amide bonds. The molecule has 1 saturated carbocycles. The lowest BCUT2D eigenvalue weighted by molar-refractivity contribution is -0.147. The summed E-state index contributed by atoms with van der Waals surface area (Å²) in [4.78, 5) is 12.0. The van der Waals surface area contributed by atoms with Crippen molar-refractivity contribution in [1.29, 1.82) is 0 Å². The van der Waals surface area contributed by atoms with E-state index in [1.54, 1.807) is 0 Å². The van der Waals surface area contributed by atoms with Crippen molar-refractivity contribution in [2.45, 2.75) is 32.1 Å². The fourth-order valence-electron chi connectivity index (χ4n) is 2.83. The Hall–Kier alpha value is -1.31. The van der Waals surface area contributed by atoms with E-state index >= 15 is 0 Å². The highest BCUT2D eigenvalue weighted by atomic mass is 16.5. The van der Waals surface area contributed by atoms with Gasteiger partial charge in [0.15, 0.2) is 0 Å². The molecule has 0 radical (unpaired) electrons.